The highest BCUT2D eigenvalue weighted by molar-refractivity contribution is 14.1. The van der Waals surface area contributed by atoms with Crippen molar-refractivity contribution in [3.05, 3.63) is 68.4 Å². The van der Waals surface area contributed by atoms with Crippen LogP contribution in [0.15, 0.2) is 54.2 Å². The first-order valence-corrected chi connectivity index (χ1v) is 8.15. The van der Waals surface area contributed by atoms with Gasteiger partial charge in [0, 0.05) is 26.2 Å². The zero-order chi connectivity index (χ0) is 16.8. The zero-order valence-electron chi connectivity index (χ0n) is 12.2. The molecule has 2 N–H and O–H groups in total. The fraction of sp³-hybridized carbons (Fsp3) is 0.0588. The fourth-order valence-electron chi connectivity index (χ4n) is 1.81. The van der Waals surface area contributed by atoms with E-state index in [0.717, 1.165) is 14.8 Å². The maximum Gasteiger partial charge on any atom is 0.267 e. The van der Waals surface area contributed by atoms with Crippen molar-refractivity contribution < 1.29 is 4.79 Å². The third-order valence-electron chi connectivity index (χ3n) is 3.03. The molecule has 0 saturated carbocycles. The smallest absolute Gasteiger partial charge is 0.267 e. The largest absolute Gasteiger partial charge is 0.360 e. The summed E-state index contributed by atoms with van der Waals surface area (Å²) >= 11 is 8.01. The minimum atomic E-state index is -0.460. The third-order valence-corrected chi connectivity index (χ3v) is 3.95. The maximum atomic E-state index is 12.2. The van der Waals surface area contributed by atoms with E-state index in [9.17, 15) is 4.79 Å². The molecular weight excluding hydrogens is 425 g/mol. The van der Waals surface area contributed by atoms with Gasteiger partial charge in [-0.3, -0.25) is 4.79 Å². The topological polar surface area (TPSA) is 64.9 Å². The van der Waals surface area contributed by atoms with Gasteiger partial charge < -0.3 is 10.6 Å². The summed E-state index contributed by atoms with van der Waals surface area (Å²) in [7, 11) is 0. The SMILES string of the molecule is Cc1cc(I)ccc1NC(=O)/C(C#N)=C\Nc1ccc(Cl)cc1. The number of anilines is 2. The molecule has 0 unspecified atom stereocenters. The molecular formula is C17H13ClIN3O. The van der Waals surface area contributed by atoms with Crippen molar-refractivity contribution in [1.29, 1.82) is 5.26 Å². The summed E-state index contributed by atoms with van der Waals surface area (Å²) in [5.74, 6) is -0.460. The number of hydrogen-bond donors (Lipinski definition) is 2. The molecule has 0 aromatic heterocycles. The van der Waals surface area contributed by atoms with Crippen molar-refractivity contribution in [3.8, 4) is 6.07 Å². The molecule has 0 aliphatic heterocycles. The first kappa shape index (κ1) is 17.3. The number of nitrogens with zero attached hydrogens (tertiary/aromatic N) is 1. The van der Waals surface area contributed by atoms with Gasteiger partial charge in [0.25, 0.3) is 5.91 Å². The molecule has 4 nitrogen and oxygen atoms in total. The highest BCUT2D eigenvalue weighted by Crippen LogP contribution is 2.18. The molecule has 1 amide bonds. The van der Waals surface area contributed by atoms with Gasteiger partial charge in [0.15, 0.2) is 0 Å². The van der Waals surface area contributed by atoms with Gasteiger partial charge in [0.1, 0.15) is 11.6 Å². The Morgan fingerprint density at radius 2 is 1.96 bits per heavy atom. The summed E-state index contributed by atoms with van der Waals surface area (Å²) in [5.41, 5.74) is 2.34. The minimum Gasteiger partial charge on any atom is -0.360 e. The van der Waals surface area contributed by atoms with E-state index in [1.807, 2.05) is 31.2 Å². The van der Waals surface area contributed by atoms with Crippen molar-refractivity contribution in [2.45, 2.75) is 6.92 Å². The predicted octanol–water partition coefficient (Wildman–Crippen LogP) is 4.71. The second-order valence-electron chi connectivity index (χ2n) is 4.73. The number of carbonyl (C=O) groups is 1. The number of benzene rings is 2. The number of halogens is 2. The summed E-state index contributed by atoms with van der Waals surface area (Å²) in [5, 5.41) is 15.4. The normalized spacial score (nSPS) is 10.8. The third kappa shape index (κ3) is 4.98. The van der Waals surface area contributed by atoms with Crippen LogP contribution in [-0.4, -0.2) is 5.91 Å². The zero-order valence-corrected chi connectivity index (χ0v) is 15.1. The number of amides is 1. The Labute approximate surface area is 153 Å². The van der Waals surface area contributed by atoms with Crippen LogP contribution in [0.25, 0.3) is 0 Å². The Kier molecular flexibility index (Phi) is 6.02. The molecule has 0 radical (unpaired) electrons. The summed E-state index contributed by atoms with van der Waals surface area (Å²) < 4.78 is 1.08. The molecule has 23 heavy (non-hydrogen) atoms. The standard InChI is InChI=1S/C17H13ClIN3O/c1-11-8-14(19)4-7-16(11)22-17(23)12(9-20)10-21-15-5-2-13(18)3-6-15/h2-8,10,21H,1H3,(H,22,23)/b12-10-. The van der Waals surface area contributed by atoms with Gasteiger partial charge in [-0.25, -0.2) is 0 Å². The van der Waals surface area contributed by atoms with Crippen LogP contribution in [0.1, 0.15) is 5.56 Å². The van der Waals surface area contributed by atoms with Crippen LogP contribution in [0.2, 0.25) is 5.02 Å². The molecule has 0 aliphatic rings. The van der Waals surface area contributed by atoms with Crippen LogP contribution in [0.5, 0.6) is 0 Å². The number of aryl methyl sites for hydroxylation is 1. The second-order valence-corrected chi connectivity index (χ2v) is 6.42. The Morgan fingerprint density at radius 1 is 1.26 bits per heavy atom. The van der Waals surface area contributed by atoms with E-state index in [1.54, 1.807) is 24.3 Å². The van der Waals surface area contributed by atoms with Crippen LogP contribution in [-0.2, 0) is 4.79 Å². The molecule has 2 aromatic rings. The van der Waals surface area contributed by atoms with E-state index in [4.69, 9.17) is 16.9 Å². The first-order valence-electron chi connectivity index (χ1n) is 6.69. The number of nitriles is 1. The Morgan fingerprint density at radius 3 is 2.57 bits per heavy atom. The van der Waals surface area contributed by atoms with Crippen LogP contribution in [0, 0.1) is 21.8 Å². The molecule has 0 bridgehead atoms. The van der Waals surface area contributed by atoms with Crippen molar-refractivity contribution in [2.75, 3.05) is 10.6 Å². The van der Waals surface area contributed by atoms with E-state index >= 15 is 0 Å². The molecule has 6 heteroatoms. The summed E-state index contributed by atoms with van der Waals surface area (Å²) in [4.78, 5) is 12.2. The molecule has 0 aliphatic carbocycles. The van der Waals surface area contributed by atoms with Gasteiger partial charge in [-0.2, -0.15) is 5.26 Å². The lowest BCUT2D eigenvalue weighted by atomic mass is 10.2. The Balaban J connectivity index is 2.10. The quantitative estimate of drug-likeness (QED) is 0.414. The minimum absolute atomic E-state index is 0.0158. The monoisotopic (exact) mass is 437 g/mol. The van der Waals surface area contributed by atoms with Gasteiger partial charge in [0.2, 0.25) is 0 Å². The lowest BCUT2D eigenvalue weighted by Gasteiger charge is -2.08. The molecule has 0 saturated heterocycles. The van der Waals surface area contributed by atoms with E-state index < -0.39 is 5.91 Å². The summed E-state index contributed by atoms with van der Waals surface area (Å²) in [6.07, 6.45) is 1.38. The van der Waals surface area contributed by atoms with Crippen molar-refractivity contribution >= 4 is 51.5 Å². The lowest BCUT2D eigenvalue weighted by molar-refractivity contribution is -0.112. The van der Waals surface area contributed by atoms with Crippen molar-refractivity contribution in [2.24, 2.45) is 0 Å². The highest BCUT2D eigenvalue weighted by atomic mass is 127. The summed E-state index contributed by atoms with van der Waals surface area (Å²) in [6.45, 7) is 1.90. The number of nitrogens with one attached hydrogen (secondary N) is 2. The van der Waals surface area contributed by atoms with E-state index in [0.29, 0.717) is 10.7 Å². The number of hydrogen-bond acceptors (Lipinski definition) is 3. The van der Waals surface area contributed by atoms with Gasteiger partial charge in [0.05, 0.1) is 0 Å². The average Bonchev–Trinajstić information content (AvgIpc) is 2.52. The van der Waals surface area contributed by atoms with Gasteiger partial charge in [-0.1, -0.05) is 11.6 Å². The molecule has 116 valence electrons. The number of carbonyl (C=O) groups excluding carboxylic acids is 1. The molecule has 0 spiro atoms. The van der Waals surface area contributed by atoms with E-state index in [1.165, 1.54) is 6.20 Å². The molecule has 0 heterocycles. The average molecular weight is 438 g/mol. The fourth-order valence-corrected chi connectivity index (χ4v) is 2.58. The molecule has 0 fully saturated rings. The van der Waals surface area contributed by atoms with Crippen molar-refractivity contribution in [1.82, 2.24) is 0 Å². The second kappa shape index (κ2) is 7.99. The molecule has 0 atom stereocenters. The van der Waals surface area contributed by atoms with Crippen LogP contribution >= 0.6 is 34.2 Å². The Bertz CT molecular complexity index is 794. The highest BCUT2D eigenvalue weighted by Gasteiger charge is 2.10. The maximum absolute atomic E-state index is 12.2. The van der Waals surface area contributed by atoms with Gasteiger partial charge >= 0.3 is 0 Å². The molecule has 2 aromatic carbocycles. The van der Waals surface area contributed by atoms with E-state index in [2.05, 4.69) is 33.2 Å². The molecule has 2 rings (SSSR count). The van der Waals surface area contributed by atoms with E-state index in [-0.39, 0.29) is 5.57 Å². The summed E-state index contributed by atoms with van der Waals surface area (Å²) in [6, 6.07) is 14.5. The van der Waals surface area contributed by atoms with Crippen LogP contribution in [0.4, 0.5) is 11.4 Å². The first-order chi connectivity index (χ1) is 11.0. The van der Waals surface area contributed by atoms with Crippen LogP contribution < -0.4 is 10.6 Å². The van der Waals surface area contributed by atoms with Gasteiger partial charge in [-0.05, 0) is 77.5 Å². The Hall–Kier alpha value is -2.04. The van der Waals surface area contributed by atoms with Crippen LogP contribution in [0.3, 0.4) is 0 Å². The lowest BCUT2D eigenvalue weighted by Crippen LogP contribution is -2.15. The van der Waals surface area contributed by atoms with Gasteiger partial charge in [-0.15, -0.1) is 0 Å². The predicted molar refractivity (Wildman–Crippen MR) is 101 cm³/mol. The number of rotatable bonds is 4. The van der Waals surface area contributed by atoms with Crippen molar-refractivity contribution in [3.63, 3.8) is 0 Å².